The van der Waals surface area contributed by atoms with Crippen LogP contribution in [0.2, 0.25) is 5.02 Å². The number of nitrogens with one attached hydrogen (secondary N) is 1. The molecule has 4 rings (SSSR count). The number of amides is 1. The number of hydrogen-bond donors (Lipinski definition) is 1. The van der Waals surface area contributed by atoms with E-state index in [2.05, 4.69) is 10.3 Å². The molecule has 0 spiro atoms. The van der Waals surface area contributed by atoms with Gasteiger partial charge in [-0.25, -0.2) is 4.98 Å². The lowest BCUT2D eigenvalue weighted by Gasteiger charge is -2.17. The fourth-order valence-corrected chi connectivity index (χ4v) is 4.89. The highest BCUT2D eigenvalue weighted by Crippen LogP contribution is 2.23. The van der Waals surface area contributed by atoms with E-state index in [-0.39, 0.29) is 29.4 Å². The van der Waals surface area contributed by atoms with Gasteiger partial charge in [0.05, 0.1) is 29.3 Å². The second-order valence-corrected chi connectivity index (χ2v) is 8.82. The topological polar surface area (TPSA) is 73.2 Å². The number of nitrogens with zero attached hydrogens (tertiary/aromatic N) is 2. The highest BCUT2D eigenvalue weighted by molar-refractivity contribution is 7.99. The molecule has 28 heavy (non-hydrogen) atoms. The lowest BCUT2D eigenvalue weighted by atomic mass is 10.2. The molecule has 0 bridgehead atoms. The van der Waals surface area contributed by atoms with Crippen LogP contribution < -0.4 is 10.9 Å². The Balaban J connectivity index is 1.58. The molecule has 1 N–H and O–H groups in total. The van der Waals surface area contributed by atoms with Gasteiger partial charge in [0, 0.05) is 17.7 Å². The molecular weight excluding hydrogens is 398 g/mol. The first-order valence-corrected chi connectivity index (χ1v) is 11.2. The van der Waals surface area contributed by atoms with Gasteiger partial charge in [0.15, 0.2) is 5.16 Å². The van der Waals surface area contributed by atoms with Crippen molar-refractivity contribution in [2.75, 3.05) is 12.4 Å². The fraction of sp³-hybridized carbons (Fsp3) is 0.550. The molecule has 6 nitrogen and oxygen atoms in total. The number of fused-ring (bicyclic) bond motifs is 1. The van der Waals surface area contributed by atoms with Gasteiger partial charge < -0.3 is 10.1 Å². The summed E-state index contributed by atoms with van der Waals surface area (Å²) in [4.78, 5) is 30.1. The highest BCUT2D eigenvalue weighted by Gasteiger charge is 2.22. The summed E-state index contributed by atoms with van der Waals surface area (Å²) in [6, 6.07) is 5.38. The maximum Gasteiger partial charge on any atom is 0.262 e. The number of carbonyl (C=O) groups is 1. The zero-order valence-corrected chi connectivity index (χ0v) is 17.2. The number of thioether (sulfide) groups is 1. The largest absolute Gasteiger partial charge is 0.376 e. The number of halogens is 1. The molecule has 2 fully saturated rings. The van der Waals surface area contributed by atoms with Gasteiger partial charge in [0.1, 0.15) is 0 Å². The van der Waals surface area contributed by atoms with Crippen molar-refractivity contribution in [2.45, 2.75) is 62.4 Å². The lowest BCUT2D eigenvalue weighted by Crippen LogP contribution is -2.34. The minimum atomic E-state index is -0.115. The predicted molar refractivity (Wildman–Crippen MR) is 111 cm³/mol. The van der Waals surface area contributed by atoms with Crippen molar-refractivity contribution in [3.05, 3.63) is 33.6 Å². The Bertz CT molecular complexity index is 921. The zero-order valence-electron chi connectivity index (χ0n) is 15.7. The van der Waals surface area contributed by atoms with E-state index in [0.29, 0.717) is 27.6 Å². The van der Waals surface area contributed by atoms with Crippen LogP contribution in [-0.2, 0) is 16.1 Å². The van der Waals surface area contributed by atoms with E-state index in [0.717, 1.165) is 32.3 Å². The average molecular weight is 422 g/mol. The number of rotatable bonds is 6. The third-order valence-corrected chi connectivity index (χ3v) is 6.56. The van der Waals surface area contributed by atoms with Crippen LogP contribution in [0.25, 0.3) is 10.9 Å². The Kier molecular flexibility index (Phi) is 6.23. The second kappa shape index (κ2) is 8.84. The molecule has 1 aromatic carbocycles. The van der Waals surface area contributed by atoms with E-state index >= 15 is 0 Å². The Labute approximate surface area is 173 Å². The van der Waals surface area contributed by atoms with Crippen molar-refractivity contribution in [3.8, 4) is 0 Å². The first kappa shape index (κ1) is 19.7. The fourth-order valence-electron chi connectivity index (χ4n) is 3.91. The number of benzene rings is 1. The van der Waals surface area contributed by atoms with Crippen LogP contribution in [0.4, 0.5) is 0 Å². The molecule has 150 valence electrons. The van der Waals surface area contributed by atoms with E-state index in [4.69, 9.17) is 16.3 Å². The normalized spacial score (nSPS) is 20.1. The summed E-state index contributed by atoms with van der Waals surface area (Å²) in [7, 11) is 0. The van der Waals surface area contributed by atoms with Gasteiger partial charge in [0.2, 0.25) is 5.91 Å². The summed E-state index contributed by atoms with van der Waals surface area (Å²) in [5.41, 5.74) is 0.440. The monoisotopic (exact) mass is 421 g/mol. The van der Waals surface area contributed by atoms with Crippen LogP contribution in [0.5, 0.6) is 0 Å². The molecule has 0 unspecified atom stereocenters. The van der Waals surface area contributed by atoms with Gasteiger partial charge in [-0.2, -0.15) is 0 Å². The highest BCUT2D eigenvalue weighted by atomic mass is 35.5. The molecule has 8 heteroatoms. The first-order valence-electron chi connectivity index (χ1n) is 9.84. The van der Waals surface area contributed by atoms with Crippen molar-refractivity contribution in [3.63, 3.8) is 0 Å². The Hall–Kier alpha value is -1.57. The smallest absolute Gasteiger partial charge is 0.262 e. The van der Waals surface area contributed by atoms with E-state index in [9.17, 15) is 9.59 Å². The van der Waals surface area contributed by atoms with Crippen molar-refractivity contribution in [1.29, 1.82) is 0 Å². The van der Waals surface area contributed by atoms with Crippen molar-refractivity contribution in [2.24, 2.45) is 0 Å². The SMILES string of the molecule is O=C(CSc1nc2cc(Cl)ccc2c(=O)n1C[C@H]1CCCO1)NC1CCCC1. The van der Waals surface area contributed by atoms with Gasteiger partial charge in [-0.15, -0.1) is 0 Å². The van der Waals surface area contributed by atoms with E-state index in [1.807, 2.05) is 0 Å². The third-order valence-electron chi connectivity index (χ3n) is 5.35. The van der Waals surface area contributed by atoms with E-state index in [1.165, 1.54) is 24.6 Å². The van der Waals surface area contributed by atoms with Gasteiger partial charge in [-0.1, -0.05) is 36.2 Å². The lowest BCUT2D eigenvalue weighted by molar-refractivity contribution is -0.119. The summed E-state index contributed by atoms with van der Waals surface area (Å²) in [6.45, 7) is 1.18. The van der Waals surface area contributed by atoms with Gasteiger partial charge in [-0.05, 0) is 43.9 Å². The first-order chi connectivity index (χ1) is 13.6. The Morgan fingerprint density at radius 1 is 1.29 bits per heavy atom. The summed E-state index contributed by atoms with van der Waals surface area (Å²) < 4.78 is 7.37. The van der Waals surface area contributed by atoms with Gasteiger partial charge in [-0.3, -0.25) is 14.2 Å². The van der Waals surface area contributed by atoms with E-state index < -0.39 is 0 Å². The molecular formula is C20H24ClN3O3S. The van der Waals surface area contributed by atoms with Crippen molar-refractivity contribution < 1.29 is 9.53 Å². The molecule has 1 aromatic heterocycles. The van der Waals surface area contributed by atoms with Crippen LogP contribution >= 0.6 is 23.4 Å². The third kappa shape index (κ3) is 4.53. The Morgan fingerprint density at radius 3 is 2.86 bits per heavy atom. The van der Waals surface area contributed by atoms with Gasteiger partial charge >= 0.3 is 0 Å². The number of ether oxygens (including phenoxy) is 1. The average Bonchev–Trinajstić information content (AvgIpc) is 3.36. The molecule has 1 saturated heterocycles. The summed E-state index contributed by atoms with van der Waals surface area (Å²) in [6.07, 6.45) is 6.38. The molecule has 0 radical (unpaired) electrons. The van der Waals surface area contributed by atoms with Crippen LogP contribution in [0.1, 0.15) is 38.5 Å². The van der Waals surface area contributed by atoms with Crippen LogP contribution in [-0.4, -0.2) is 40.0 Å². The van der Waals surface area contributed by atoms with Gasteiger partial charge in [0.25, 0.3) is 5.56 Å². The summed E-state index contributed by atoms with van der Waals surface area (Å²) >= 11 is 7.38. The molecule has 2 aromatic rings. The summed E-state index contributed by atoms with van der Waals surface area (Å²) in [5, 5.41) is 4.68. The molecule has 1 aliphatic heterocycles. The molecule has 1 atom stereocenters. The number of aromatic nitrogens is 2. The summed E-state index contributed by atoms with van der Waals surface area (Å²) in [5.74, 6) is 0.224. The van der Waals surface area contributed by atoms with Crippen molar-refractivity contribution >= 4 is 40.2 Å². The minimum absolute atomic E-state index is 0.0101. The molecule has 2 aliphatic rings. The maximum absolute atomic E-state index is 13.1. The standard InChI is InChI=1S/C20H24ClN3O3S/c21-13-7-8-16-17(10-13)23-20(24(19(16)26)11-15-6-3-9-27-15)28-12-18(25)22-14-4-1-2-5-14/h7-8,10,14-15H,1-6,9,11-12H2,(H,22,25)/t15-/m1/s1. The molecule has 1 aliphatic carbocycles. The number of carbonyl (C=O) groups excluding carboxylic acids is 1. The molecule has 2 heterocycles. The van der Waals surface area contributed by atoms with Crippen molar-refractivity contribution in [1.82, 2.24) is 14.9 Å². The maximum atomic E-state index is 13.1. The van der Waals surface area contributed by atoms with Crippen LogP contribution in [0.3, 0.4) is 0 Å². The quantitative estimate of drug-likeness (QED) is 0.571. The van der Waals surface area contributed by atoms with E-state index in [1.54, 1.807) is 22.8 Å². The molecule has 1 amide bonds. The minimum Gasteiger partial charge on any atom is -0.376 e. The van der Waals surface area contributed by atoms with Crippen LogP contribution in [0, 0.1) is 0 Å². The van der Waals surface area contributed by atoms with Crippen LogP contribution in [0.15, 0.2) is 28.2 Å². The zero-order chi connectivity index (χ0) is 19.5. The number of hydrogen-bond acceptors (Lipinski definition) is 5. The second-order valence-electron chi connectivity index (χ2n) is 7.44. The molecule has 1 saturated carbocycles. The predicted octanol–water partition coefficient (Wildman–Crippen LogP) is 3.38. The Morgan fingerprint density at radius 2 is 2.11 bits per heavy atom.